The number of amides is 1. The average molecular weight is 295 g/mol. The fourth-order valence-corrected chi connectivity index (χ4v) is 4.01. The van der Waals surface area contributed by atoms with Gasteiger partial charge in [-0.25, -0.2) is 0 Å². The molecule has 1 heterocycles. The molecule has 1 atom stereocenters. The molecule has 1 aliphatic heterocycles. The van der Waals surface area contributed by atoms with Crippen LogP contribution in [0.5, 0.6) is 0 Å². The van der Waals surface area contributed by atoms with Gasteiger partial charge in [-0.05, 0) is 70.0 Å². The first kappa shape index (κ1) is 16.8. The van der Waals surface area contributed by atoms with Crippen molar-refractivity contribution in [3.63, 3.8) is 0 Å². The summed E-state index contributed by atoms with van der Waals surface area (Å²) in [6.07, 6.45) is 8.07. The van der Waals surface area contributed by atoms with Gasteiger partial charge in [-0.3, -0.25) is 9.69 Å². The van der Waals surface area contributed by atoms with Crippen molar-refractivity contribution in [2.45, 2.75) is 57.9 Å². The van der Waals surface area contributed by atoms with Crippen LogP contribution in [0.4, 0.5) is 0 Å². The molecule has 0 bridgehead atoms. The van der Waals surface area contributed by atoms with Crippen molar-refractivity contribution in [1.82, 2.24) is 9.80 Å². The number of hydrogen-bond acceptors (Lipinski definition) is 3. The van der Waals surface area contributed by atoms with E-state index in [9.17, 15) is 4.79 Å². The fraction of sp³-hybridized carbons (Fsp3) is 0.941. The highest BCUT2D eigenvalue weighted by Crippen LogP contribution is 2.30. The Morgan fingerprint density at radius 3 is 2.48 bits per heavy atom. The molecule has 2 rings (SSSR count). The Labute approximate surface area is 130 Å². The molecule has 0 aromatic heterocycles. The summed E-state index contributed by atoms with van der Waals surface area (Å²) in [7, 11) is 1.99. The first-order chi connectivity index (χ1) is 10.1. The lowest BCUT2D eigenvalue weighted by molar-refractivity contribution is -0.131. The van der Waals surface area contributed by atoms with Crippen molar-refractivity contribution >= 4 is 5.91 Å². The molecule has 1 unspecified atom stereocenters. The van der Waals surface area contributed by atoms with Crippen LogP contribution in [0.3, 0.4) is 0 Å². The monoisotopic (exact) mass is 295 g/mol. The van der Waals surface area contributed by atoms with E-state index in [1.165, 1.54) is 45.1 Å². The zero-order chi connectivity index (χ0) is 15.2. The Morgan fingerprint density at radius 2 is 1.86 bits per heavy atom. The predicted molar refractivity (Wildman–Crippen MR) is 87.0 cm³/mol. The van der Waals surface area contributed by atoms with Crippen LogP contribution in [0, 0.1) is 11.8 Å². The molecule has 0 spiro atoms. The van der Waals surface area contributed by atoms with E-state index < -0.39 is 0 Å². The van der Waals surface area contributed by atoms with Crippen LogP contribution in [0.1, 0.15) is 51.9 Å². The first-order valence-corrected chi connectivity index (χ1v) is 8.82. The number of carbonyl (C=O) groups is 1. The van der Waals surface area contributed by atoms with Gasteiger partial charge in [0.05, 0.1) is 0 Å². The average Bonchev–Trinajstić information content (AvgIpc) is 2.95. The summed E-state index contributed by atoms with van der Waals surface area (Å²) in [5.41, 5.74) is 5.74. The minimum Gasteiger partial charge on any atom is -0.344 e. The van der Waals surface area contributed by atoms with Gasteiger partial charge >= 0.3 is 0 Å². The van der Waals surface area contributed by atoms with Crippen molar-refractivity contribution in [2.75, 3.05) is 33.2 Å². The zero-order valence-corrected chi connectivity index (χ0v) is 13.9. The van der Waals surface area contributed by atoms with Gasteiger partial charge in [0.15, 0.2) is 0 Å². The Bertz CT molecular complexity index is 326. The van der Waals surface area contributed by atoms with Gasteiger partial charge < -0.3 is 10.6 Å². The number of likely N-dealkylation sites (N-methyl/N-ethyl adjacent to an activating group) is 2. The molecular formula is C17H33N3O. The third-order valence-corrected chi connectivity index (χ3v) is 5.58. The molecular weight excluding hydrogens is 262 g/mol. The highest BCUT2D eigenvalue weighted by atomic mass is 16.2. The highest BCUT2D eigenvalue weighted by Gasteiger charge is 2.27. The van der Waals surface area contributed by atoms with E-state index in [2.05, 4.69) is 11.8 Å². The van der Waals surface area contributed by atoms with Crippen LogP contribution in [-0.4, -0.2) is 55.0 Å². The summed E-state index contributed by atoms with van der Waals surface area (Å²) in [6, 6.07) is 0.580. The quantitative estimate of drug-likeness (QED) is 0.816. The van der Waals surface area contributed by atoms with Crippen LogP contribution in [0.2, 0.25) is 0 Å². The topological polar surface area (TPSA) is 49.6 Å². The summed E-state index contributed by atoms with van der Waals surface area (Å²) in [4.78, 5) is 16.9. The van der Waals surface area contributed by atoms with Crippen LogP contribution >= 0.6 is 0 Å². The highest BCUT2D eigenvalue weighted by molar-refractivity contribution is 5.76. The lowest BCUT2D eigenvalue weighted by Gasteiger charge is -2.31. The Morgan fingerprint density at radius 1 is 1.19 bits per heavy atom. The lowest BCUT2D eigenvalue weighted by atomic mass is 9.80. The number of nitrogens with two attached hydrogens (primary N) is 1. The van der Waals surface area contributed by atoms with E-state index in [4.69, 9.17) is 5.73 Å². The van der Waals surface area contributed by atoms with Gasteiger partial charge in [0.1, 0.15) is 0 Å². The van der Waals surface area contributed by atoms with Gasteiger partial charge in [-0.1, -0.05) is 6.92 Å². The first-order valence-electron chi connectivity index (χ1n) is 8.82. The van der Waals surface area contributed by atoms with Crippen molar-refractivity contribution in [3.8, 4) is 0 Å². The number of carbonyl (C=O) groups excluding carboxylic acids is 1. The predicted octanol–water partition coefficient (Wildman–Crippen LogP) is 2.08. The van der Waals surface area contributed by atoms with Gasteiger partial charge in [0, 0.05) is 26.1 Å². The molecule has 0 aromatic rings. The van der Waals surface area contributed by atoms with Gasteiger partial charge in [-0.2, -0.15) is 0 Å². The standard InChI is InChI=1S/C17H33N3O/c1-3-20-10-4-5-16(20)13-19(2)17(21)11-14-6-8-15(12-18)9-7-14/h14-16H,3-13,18H2,1-2H3. The minimum absolute atomic E-state index is 0.342. The van der Waals surface area contributed by atoms with Crippen LogP contribution < -0.4 is 5.73 Å². The molecule has 2 N–H and O–H groups in total. The maximum atomic E-state index is 12.4. The number of hydrogen-bond donors (Lipinski definition) is 1. The summed E-state index contributed by atoms with van der Waals surface area (Å²) < 4.78 is 0. The smallest absolute Gasteiger partial charge is 0.222 e. The number of nitrogens with zero attached hydrogens (tertiary/aromatic N) is 2. The SMILES string of the molecule is CCN1CCCC1CN(C)C(=O)CC1CCC(CN)CC1. The third-order valence-electron chi connectivity index (χ3n) is 5.58. The van der Waals surface area contributed by atoms with E-state index in [1.807, 2.05) is 11.9 Å². The summed E-state index contributed by atoms with van der Waals surface area (Å²) in [6.45, 7) is 6.25. The van der Waals surface area contributed by atoms with Crippen molar-refractivity contribution in [2.24, 2.45) is 17.6 Å². The van der Waals surface area contributed by atoms with Crippen molar-refractivity contribution < 1.29 is 4.79 Å². The van der Waals surface area contributed by atoms with Crippen molar-refractivity contribution in [3.05, 3.63) is 0 Å². The molecule has 4 nitrogen and oxygen atoms in total. The minimum atomic E-state index is 0.342. The summed E-state index contributed by atoms with van der Waals surface area (Å²) >= 11 is 0. The van der Waals surface area contributed by atoms with E-state index in [-0.39, 0.29) is 0 Å². The van der Waals surface area contributed by atoms with E-state index in [0.29, 0.717) is 23.8 Å². The molecule has 0 aromatic carbocycles. The van der Waals surface area contributed by atoms with Crippen LogP contribution in [0.25, 0.3) is 0 Å². The van der Waals surface area contributed by atoms with E-state index in [0.717, 1.165) is 26.1 Å². The molecule has 1 saturated carbocycles. The molecule has 0 radical (unpaired) electrons. The van der Waals surface area contributed by atoms with Gasteiger partial charge in [0.2, 0.25) is 5.91 Å². The Balaban J connectivity index is 1.72. The van der Waals surface area contributed by atoms with Gasteiger partial charge in [-0.15, -0.1) is 0 Å². The fourth-order valence-electron chi connectivity index (χ4n) is 4.01. The summed E-state index contributed by atoms with van der Waals surface area (Å²) in [5, 5.41) is 0. The summed E-state index contributed by atoms with van der Waals surface area (Å²) in [5.74, 6) is 1.63. The molecule has 1 aliphatic carbocycles. The zero-order valence-electron chi connectivity index (χ0n) is 13.9. The van der Waals surface area contributed by atoms with E-state index >= 15 is 0 Å². The van der Waals surface area contributed by atoms with E-state index in [1.54, 1.807) is 0 Å². The second kappa shape index (κ2) is 8.14. The molecule has 1 amide bonds. The van der Waals surface area contributed by atoms with Crippen LogP contribution in [0.15, 0.2) is 0 Å². The number of rotatable bonds is 6. The third kappa shape index (κ3) is 4.68. The normalized spacial score (nSPS) is 30.5. The largest absolute Gasteiger partial charge is 0.344 e. The second-order valence-corrected chi connectivity index (χ2v) is 7.03. The number of likely N-dealkylation sites (tertiary alicyclic amines) is 1. The maximum Gasteiger partial charge on any atom is 0.222 e. The Kier molecular flexibility index (Phi) is 6.49. The van der Waals surface area contributed by atoms with Gasteiger partial charge in [0.25, 0.3) is 0 Å². The molecule has 21 heavy (non-hydrogen) atoms. The second-order valence-electron chi connectivity index (χ2n) is 7.03. The molecule has 1 saturated heterocycles. The molecule has 4 heteroatoms. The van der Waals surface area contributed by atoms with Crippen molar-refractivity contribution in [1.29, 1.82) is 0 Å². The Hall–Kier alpha value is -0.610. The molecule has 2 fully saturated rings. The van der Waals surface area contributed by atoms with Crippen LogP contribution in [-0.2, 0) is 4.79 Å². The maximum absolute atomic E-state index is 12.4. The molecule has 122 valence electrons. The lowest BCUT2D eigenvalue weighted by Crippen LogP contribution is -2.41. The molecule has 2 aliphatic rings.